The molecular formula is C12H23N5O2. The molecule has 0 saturated carbocycles. The molecule has 19 heavy (non-hydrogen) atoms. The minimum Gasteiger partial charge on any atom is -0.383 e. The van der Waals surface area contributed by atoms with Crippen LogP contribution in [0.1, 0.15) is 38.4 Å². The minimum absolute atomic E-state index is 0.129. The van der Waals surface area contributed by atoms with Gasteiger partial charge in [0.1, 0.15) is 0 Å². The molecule has 0 amide bonds. The molecule has 1 rings (SSSR count). The number of nitrogens with one attached hydrogen (secondary N) is 1. The zero-order valence-corrected chi connectivity index (χ0v) is 12.0. The maximum Gasteiger partial charge on any atom is 0.228 e. The average Bonchev–Trinajstić information content (AvgIpc) is 2.78. The highest BCUT2D eigenvalue weighted by Crippen LogP contribution is 2.09. The fraction of sp³-hybridized carbons (Fsp3) is 0.750. The molecule has 7 heteroatoms. The standard InChI is InChI=1S/C12H23N5O2/c1-8(2)11-16-10(19-17-11)5-6-14-12(13)15-9(3)7-18-4/h8-9H,5-7H2,1-4H3,(H3,13,14,15). The molecule has 0 aliphatic carbocycles. The lowest BCUT2D eigenvalue weighted by molar-refractivity contribution is 0.179. The molecule has 0 aromatic carbocycles. The predicted molar refractivity (Wildman–Crippen MR) is 73.1 cm³/mol. The van der Waals surface area contributed by atoms with E-state index in [2.05, 4.69) is 20.4 Å². The van der Waals surface area contributed by atoms with Crippen LogP contribution in [0, 0.1) is 0 Å². The van der Waals surface area contributed by atoms with E-state index in [1.54, 1.807) is 7.11 Å². The Balaban J connectivity index is 2.35. The second kappa shape index (κ2) is 7.73. The number of guanidine groups is 1. The first-order valence-corrected chi connectivity index (χ1v) is 6.40. The lowest BCUT2D eigenvalue weighted by Gasteiger charge is -2.12. The number of ether oxygens (including phenoxy) is 1. The van der Waals surface area contributed by atoms with Gasteiger partial charge in [-0.05, 0) is 6.92 Å². The monoisotopic (exact) mass is 269 g/mol. The molecule has 3 N–H and O–H groups in total. The molecule has 7 nitrogen and oxygen atoms in total. The van der Waals surface area contributed by atoms with Crippen molar-refractivity contribution in [2.24, 2.45) is 10.7 Å². The van der Waals surface area contributed by atoms with Crippen molar-refractivity contribution in [3.05, 3.63) is 11.7 Å². The number of rotatable bonds is 7. The summed E-state index contributed by atoms with van der Waals surface area (Å²) >= 11 is 0. The van der Waals surface area contributed by atoms with Crippen LogP contribution in [0.5, 0.6) is 0 Å². The maximum atomic E-state index is 5.74. The molecule has 0 saturated heterocycles. The van der Waals surface area contributed by atoms with E-state index in [0.29, 0.717) is 31.4 Å². The molecule has 108 valence electrons. The molecule has 0 radical (unpaired) electrons. The first-order chi connectivity index (χ1) is 9.02. The van der Waals surface area contributed by atoms with Crippen molar-refractivity contribution < 1.29 is 9.26 Å². The van der Waals surface area contributed by atoms with Crippen LogP contribution < -0.4 is 11.1 Å². The van der Waals surface area contributed by atoms with Gasteiger partial charge in [-0.15, -0.1) is 0 Å². The highest BCUT2D eigenvalue weighted by molar-refractivity contribution is 5.78. The van der Waals surface area contributed by atoms with Crippen LogP contribution in [0.15, 0.2) is 9.52 Å². The summed E-state index contributed by atoms with van der Waals surface area (Å²) in [6, 6.07) is 0.129. The van der Waals surface area contributed by atoms with Gasteiger partial charge < -0.3 is 20.3 Å². The Morgan fingerprint density at radius 3 is 2.79 bits per heavy atom. The molecule has 1 unspecified atom stereocenters. The quantitative estimate of drug-likeness (QED) is 0.558. The fourth-order valence-corrected chi connectivity index (χ4v) is 1.47. The van der Waals surface area contributed by atoms with Crippen LogP contribution in [0.4, 0.5) is 0 Å². The normalized spacial score (nSPS) is 13.8. The van der Waals surface area contributed by atoms with Gasteiger partial charge in [0.05, 0.1) is 13.2 Å². The number of hydrogen-bond donors (Lipinski definition) is 2. The molecule has 0 bridgehead atoms. The lowest BCUT2D eigenvalue weighted by atomic mass is 10.2. The molecule has 1 aromatic rings. The molecule has 1 aromatic heterocycles. The third-order valence-corrected chi connectivity index (χ3v) is 2.42. The SMILES string of the molecule is COCC(C)NC(N)=NCCc1nc(C(C)C)no1. The molecule has 0 spiro atoms. The summed E-state index contributed by atoms with van der Waals surface area (Å²) in [5.74, 6) is 1.97. The van der Waals surface area contributed by atoms with E-state index < -0.39 is 0 Å². The van der Waals surface area contributed by atoms with Crippen LogP contribution in [0.2, 0.25) is 0 Å². The second-order valence-electron chi connectivity index (χ2n) is 4.72. The minimum atomic E-state index is 0.129. The summed E-state index contributed by atoms with van der Waals surface area (Å²) in [6.07, 6.45) is 0.584. The van der Waals surface area contributed by atoms with Gasteiger partial charge in [-0.1, -0.05) is 19.0 Å². The Hall–Kier alpha value is -1.63. The summed E-state index contributed by atoms with van der Waals surface area (Å²) in [6.45, 7) is 7.10. The van der Waals surface area contributed by atoms with Crippen molar-refractivity contribution in [1.29, 1.82) is 0 Å². The third-order valence-electron chi connectivity index (χ3n) is 2.42. The number of methoxy groups -OCH3 is 1. The average molecular weight is 269 g/mol. The van der Waals surface area contributed by atoms with Gasteiger partial charge in [-0.2, -0.15) is 4.98 Å². The summed E-state index contributed by atoms with van der Waals surface area (Å²) in [5, 5.41) is 6.91. The first-order valence-electron chi connectivity index (χ1n) is 6.40. The molecule has 1 atom stereocenters. The number of aromatic nitrogens is 2. The Morgan fingerprint density at radius 1 is 1.47 bits per heavy atom. The number of nitrogens with zero attached hydrogens (tertiary/aromatic N) is 3. The second-order valence-corrected chi connectivity index (χ2v) is 4.72. The van der Waals surface area contributed by atoms with Crippen molar-refractivity contribution in [2.45, 2.75) is 39.2 Å². The van der Waals surface area contributed by atoms with E-state index in [1.807, 2.05) is 20.8 Å². The third kappa shape index (κ3) is 5.69. The van der Waals surface area contributed by atoms with Crippen LogP contribution >= 0.6 is 0 Å². The van der Waals surface area contributed by atoms with Crippen LogP contribution in [-0.2, 0) is 11.2 Å². The van der Waals surface area contributed by atoms with E-state index >= 15 is 0 Å². The van der Waals surface area contributed by atoms with E-state index in [-0.39, 0.29) is 12.0 Å². The van der Waals surface area contributed by atoms with Gasteiger partial charge in [0.2, 0.25) is 5.89 Å². The van der Waals surface area contributed by atoms with Crippen molar-refractivity contribution in [2.75, 3.05) is 20.3 Å². The first kappa shape index (κ1) is 15.4. The van der Waals surface area contributed by atoms with Crippen molar-refractivity contribution in [1.82, 2.24) is 15.5 Å². The van der Waals surface area contributed by atoms with Gasteiger partial charge >= 0.3 is 0 Å². The van der Waals surface area contributed by atoms with Crippen molar-refractivity contribution >= 4 is 5.96 Å². The maximum absolute atomic E-state index is 5.74. The number of nitrogens with two attached hydrogens (primary N) is 1. The summed E-state index contributed by atoms with van der Waals surface area (Å²) < 4.78 is 10.1. The van der Waals surface area contributed by atoms with Gasteiger partial charge in [0.15, 0.2) is 11.8 Å². The topological polar surface area (TPSA) is 98.6 Å². The summed E-state index contributed by atoms with van der Waals surface area (Å²) in [4.78, 5) is 8.46. The predicted octanol–water partition coefficient (Wildman–Crippen LogP) is 0.675. The smallest absolute Gasteiger partial charge is 0.228 e. The van der Waals surface area contributed by atoms with Gasteiger partial charge in [-0.25, -0.2) is 0 Å². The fourth-order valence-electron chi connectivity index (χ4n) is 1.47. The van der Waals surface area contributed by atoms with Crippen LogP contribution in [0.3, 0.4) is 0 Å². The van der Waals surface area contributed by atoms with E-state index in [9.17, 15) is 0 Å². The van der Waals surface area contributed by atoms with Crippen molar-refractivity contribution in [3.63, 3.8) is 0 Å². The largest absolute Gasteiger partial charge is 0.383 e. The Labute approximate surface area is 113 Å². The zero-order valence-electron chi connectivity index (χ0n) is 12.0. The molecular weight excluding hydrogens is 246 g/mol. The molecule has 0 aliphatic heterocycles. The van der Waals surface area contributed by atoms with E-state index in [0.717, 1.165) is 5.82 Å². The van der Waals surface area contributed by atoms with Crippen molar-refractivity contribution in [3.8, 4) is 0 Å². The lowest BCUT2D eigenvalue weighted by Crippen LogP contribution is -2.40. The Kier molecular flexibility index (Phi) is 6.27. The number of hydrogen-bond acceptors (Lipinski definition) is 5. The van der Waals surface area contributed by atoms with Gasteiger partial charge in [0, 0.05) is 25.5 Å². The zero-order chi connectivity index (χ0) is 14.3. The van der Waals surface area contributed by atoms with Gasteiger partial charge in [-0.3, -0.25) is 4.99 Å². The van der Waals surface area contributed by atoms with Crippen LogP contribution in [-0.4, -0.2) is 42.4 Å². The molecule has 0 aliphatic rings. The molecule has 0 fully saturated rings. The van der Waals surface area contributed by atoms with E-state index in [4.69, 9.17) is 15.0 Å². The molecule has 1 heterocycles. The summed E-state index contributed by atoms with van der Waals surface area (Å²) in [5.41, 5.74) is 5.74. The number of aliphatic imine (C=N–C) groups is 1. The highest BCUT2D eigenvalue weighted by Gasteiger charge is 2.09. The van der Waals surface area contributed by atoms with Gasteiger partial charge in [0.25, 0.3) is 0 Å². The van der Waals surface area contributed by atoms with Crippen LogP contribution in [0.25, 0.3) is 0 Å². The Bertz CT molecular complexity index is 403. The Morgan fingerprint density at radius 2 is 2.21 bits per heavy atom. The van der Waals surface area contributed by atoms with E-state index in [1.165, 1.54) is 0 Å². The highest BCUT2D eigenvalue weighted by atomic mass is 16.5. The summed E-state index contributed by atoms with van der Waals surface area (Å²) in [7, 11) is 1.65.